The van der Waals surface area contributed by atoms with Gasteiger partial charge in [0.25, 0.3) is 0 Å². The predicted octanol–water partition coefficient (Wildman–Crippen LogP) is 2.41. The molecule has 0 saturated carbocycles. The molecule has 0 amide bonds. The molecule has 100 valence electrons. The minimum Gasteiger partial charge on any atom is -0.497 e. The van der Waals surface area contributed by atoms with Crippen molar-refractivity contribution in [2.75, 3.05) is 21.2 Å². The topological polar surface area (TPSA) is 49.8 Å². The fourth-order valence-corrected chi connectivity index (χ4v) is 2.32. The smallest absolute Gasteiger partial charge is 0.303 e. The van der Waals surface area contributed by atoms with Crippen LogP contribution in [0.15, 0.2) is 24.3 Å². The van der Waals surface area contributed by atoms with E-state index in [0.29, 0.717) is 0 Å². The summed E-state index contributed by atoms with van der Waals surface area (Å²) >= 11 is 0. The number of benzene rings is 1. The number of rotatable bonds is 6. The van der Waals surface area contributed by atoms with Crippen LogP contribution in [-0.4, -0.2) is 37.2 Å². The van der Waals surface area contributed by atoms with Crippen LogP contribution in [0.25, 0.3) is 0 Å². The van der Waals surface area contributed by atoms with Gasteiger partial charge in [0, 0.05) is 12.5 Å². The Hall–Kier alpha value is -1.55. The minimum absolute atomic E-state index is 0.0471. The van der Waals surface area contributed by atoms with Gasteiger partial charge < -0.3 is 14.7 Å². The largest absolute Gasteiger partial charge is 0.497 e. The quantitative estimate of drug-likeness (QED) is 0.843. The monoisotopic (exact) mass is 251 g/mol. The van der Waals surface area contributed by atoms with Gasteiger partial charge in [-0.2, -0.15) is 0 Å². The van der Waals surface area contributed by atoms with Crippen LogP contribution in [0.4, 0.5) is 0 Å². The van der Waals surface area contributed by atoms with Gasteiger partial charge in [0.1, 0.15) is 5.75 Å². The summed E-state index contributed by atoms with van der Waals surface area (Å²) in [5, 5.41) is 8.91. The van der Waals surface area contributed by atoms with E-state index in [1.54, 1.807) is 7.11 Å². The Kier molecular flexibility index (Phi) is 5.16. The lowest BCUT2D eigenvalue weighted by Gasteiger charge is -2.30. The third-order valence-electron chi connectivity index (χ3n) is 3.05. The van der Waals surface area contributed by atoms with Gasteiger partial charge in [-0.05, 0) is 37.7 Å². The Morgan fingerprint density at radius 2 is 1.89 bits per heavy atom. The van der Waals surface area contributed by atoms with Crippen molar-refractivity contribution < 1.29 is 14.6 Å². The molecule has 0 aromatic heterocycles. The van der Waals surface area contributed by atoms with Crippen LogP contribution in [-0.2, 0) is 4.79 Å². The molecule has 0 fully saturated rings. The van der Waals surface area contributed by atoms with Gasteiger partial charge >= 0.3 is 5.97 Å². The molecule has 1 aromatic rings. The zero-order valence-electron chi connectivity index (χ0n) is 11.4. The number of nitrogens with zero attached hydrogens (tertiary/aromatic N) is 1. The molecular weight excluding hydrogens is 230 g/mol. The number of carboxylic acid groups (broad SMARTS) is 1. The van der Waals surface area contributed by atoms with Crippen LogP contribution in [0.5, 0.6) is 5.75 Å². The number of carbonyl (C=O) groups is 1. The highest BCUT2D eigenvalue weighted by molar-refractivity contribution is 5.67. The number of hydrogen-bond acceptors (Lipinski definition) is 3. The third-order valence-corrected chi connectivity index (χ3v) is 3.05. The Morgan fingerprint density at radius 1 is 1.33 bits per heavy atom. The Labute approximate surface area is 108 Å². The Morgan fingerprint density at radius 3 is 2.28 bits per heavy atom. The van der Waals surface area contributed by atoms with E-state index in [2.05, 4.69) is 4.90 Å². The molecule has 0 spiro atoms. The van der Waals surface area contributed by atoms with Crippen LogP contribution in [0.2, 0.25) is 0 Å². The minimum atomic E-state index is -0.761. The molecular formula is C14H21NO3. The summed E-state index contributed by atoms with van der Waals surface area (Å²) in [6.07, 6.45) is 0.162. The van der Waals surface area contributed by atoms with Crippen molar-refractivity contribution in [1.82, 2.24) is 4.90 Å². The van der Waals surface area contributed by atoms with Gasteiger partial charge in [-0.3, -0.25) is 4.79 Å². The van der Waals surface area contributed by atoms with Gasteiger partial charge in [-0.1, -0.05) is 19.1 Å². The first kappa shape index (κ1) is 14.5. The molecule has 0 saturated heterocycles. The number of aliphatic carboxylic acids is 1. The average Bonchev–Trinajstić information content (AvgIpc) is 2.28. The number of carboxylic acids is 1. The molecule has 18 heavy (non-hydrogen) atoms. The first-order valence-electron chi connectivity index (χ1n) is 5.98. The first-order valence-corrected chi connectivity index (χ1v) is 5.98. The molecule has 2 atom stereocenters. The summed E-state index contributed by atoms with van der Waals surface area (Å²) in [5.41, 5.74) is 1.11. The highest BCUT2D eigenvalue weighted by Crippen LogP contribution is 2.30. The van der Waals surface area contributed by atoms with Gasteiger partial charge in [0.15, 0.2) is 0 Å². The maximum absolute atomic E-state index is 10.8. The Bertz CT molecular complexity index is 387. The van der Waals surface area contributed by atoms with Gasteiger partial charge in [0.05, 0.1) is 7.11 Å². The van der Waals surface area contributed by atoms with E-state index in [1.807, 2.05) is 45.3 Å². The van der Waals surface area contributed by atoms with Crippen LogP contribution in [0.3, 0.4) is 0 Å². The second-order valence-corrected chi connectivity index (χ2v) is 4.76. The summed E-state index contributed by atoms with van der Waals surface area (Å²) in [4.78, 5) is 12.9. The molecule has 4 nitrogen and oxygen atoms in total. The summed E-state index contributed by atoms with van der Waals surface area (Å²) in [7, 11) is 5.56. The SMILES string of the molecule is COc1ccc(C(C(C)CC(=O)O)N(C)C)cc1. The maximum Gasteiger partial charge on any atom is 0.303 e. The van der Waals surface area contributed by atoms with Crippen molar-refractivity contribution >= 4 is 5.97 Å². The number of ether oxygens (including phenoxy) is 1. The second-order valence-electron chi connectivity index (χ2n) is 4.76. The van der Waals surface area contributed by atoms with Crippen LogP contribution in [0, 0.1) is 5.92 Å². The average molecular weight is 251 g/mol. The van der Waals surface area contributed by atoms with Gasteiger partial charge in [0.2, 0.25) is 0 Å². The normalized spacial score (nSPS) is 14.3. The summed E-state index contributed by atoms with van der Waals surface area (Å²) in [6.45, 7) is 1.96. The van der Waals surface area contributed by atoms with Crippen LogP contribution >= 0.6 is 0 Å². The standard InChI is InChI=1S/C14H21NO3/c1-10(9-13(16)17)14(15(2)3)11-5-7-12(18-4)8-6-11/h5-8,10,14H,9H2,1-4H3,(H,16,17). The summed E-state index contributed by atoms with van der Waals surface area (Å²) in [5.74, 6) is 0.0934. The van der Waals surface area contributed by atoms with E-state index in [0.717, 1.165) is 11.3 Å². The van der Waals surface area contributed by atoms with Gasteiger partial charge in [-0.25, -0.2) is 0 Å². The Balaban J connectivity index is 2.92. The fraction of sp³-hybridized carbons (Fsp3) is 0.500. The summed E-state index contributed by atoms with van der Waals surface area (Å²) in [6, 6.07) is 7.87. The van der Waals surface area contributed by atoms with E-state index in [1.165, 1.54) is 0 Å². The second kappa shape index (κ2) is 6.40. The maximum atomic E-state index is 10.8. The zero-order valence-corrected chi connectivity index (χ0v) is 11.4. The van der Waals surface area contributed by atoms with E-state index < -0.39 is 5.97 Å². The van der Waals surface area contributed by atoms with Crippen molar-refractivity contribution in [3.8, 4) is 5.75 Å². The van der Waals surface area contributed by atoms with Crippen molar-refractivity contribution in [3.63, 3.8) is 0 Å². The lowest BCUT2D eigenvalue weighted by atomic mass is 9.91. The van der Waals surface area contributed by atoms with Crippen molar-refractivity contribution in [2.45, 2.75) is 19.4 Å². The van der Waals surface area contributed by atoms with E-state index in [-0.39, 0.29) is 18.4 Å². The molecule has 1 rings (SSSR count). The zero-order chi connectivity index (χ0) is 13.7. The number of methoxy groups -OCH3 is 1. The van der Waals surface area contributed by atoms with E-state index in [4.69, 9.17) is 9.84 Å². The molecule has 2 unspecified atom stereocenters. The molecule has 0 aliphatic carbocycles. The first-order chi connectivity index (χ1) is 8.45. The van der Waals surface area contributed by atoms with Crippen molar-refractivity contribution in [3.05, 3.63) is 29.8 Å². The lowest BCUT2D eigenvalue weighted by Crippen LogP contribution is -2.27. The van der Waals surface area contributed by atoms with Crippen molar-refractivity contribution in [1.29, 1.82) is 0 Å². The third kappa shape index (κ3) is 3.74. The van der Waals surface area contributed by atoms with Crippen molar-refractivity contribution in [2.24, 2.45) is 5.92 Å². The predicted molar refractivity (Wildman–Crippen MR) is 70.8 cm³/mol. The van der Waals surface area contributed by atoms with E-state index >= 15 is 0 Å². The van der Waals surface area contributed by atoms with Crippen LogP contribution in [0.1, 0.15) is 24.9 Å². The molecule has 0 heterocycles. The molecule has 1 aromatic carbocycles. The number of hydrogen-bond donors (Lipinski definition) is 1. The van der Waals surface area contributed by atoms with Crippen LogP contribution < -0.4 is 4.74 Å². The highest BCUT2D eigenvalue weighted by Gasteiger charge is 2.23. The highest BCUT2D eigenvalue weighted by atomic mass is 16.5. The van der Waals surface area contributed by atoms with Gasteiger partial charge in [-0.15, -0.1) is 0 Å². The molecule has 0 aliphatic rings. The lowest BCUT2D eigenvalue weighted by molar-refractivity contribution is -0.138. The fourth-order valence-electron chi connectivity index (χ4n) is 2.32. The molecule has 1 N–H and O–H groups in total. The molecule has 0 aliphatic heterocycles. The molecule has 0 bridgehead atoms. The molecule has 4 heteroatoms. The summed E-state index contributed by atoms with van der Waals surface area (Å²) < 4.78 is 5.13. The van der Waals surface area contributed by atoms with E-state index in [9.17, 15) is 4.79 Å². The molecule has 0 radical (unpaired) electrons.